The summed E-state index contributed by atoms with van der Waals surface area (Å²) >= 11 is 0. The molecule has 0 fully saturated rings. The van der Waals surface area contributed by atoms with E-state index in [4.69, 9.17) is 5.11 Å². The number of alkyl halides is 3. The van der Waals surface area contributed by atoms with Gasteiger partial charge in [-0.1, -0.05) is 0 Å². The summed E-state index contributed by atoms with van der Waals surface area (Å²) in [5.41, 5.74) is 0.206. The molecule has 0 saturated heterocycles. The molecule has 116 valence electrons. The van der Waals surface area contributed by atoms with Gasteiger partial charge in [-0.3, -0.25) is 4.79 Å². The maximum atomic E-state index is 12.5. The predicted molar refractivity (Wildman–Crippen MR) is 64.0 cm³/mol. The van der Waals surface area contributed by atoms with Crippen molar-refractivity contribution in [2.24, 2.45) is 0 Å². The van der Waals surface area contributed by atoms with Crippen molar-refractivity contribution in [3.8, 4) is 0 Å². The van der Waals surface area contributed by atoms with Crippen LogP contribution >= 0.6 is 0 Å². The number of esters is 1. The third-order valence-corrected chi connectivity index (χ3v) is 2.23. The van der Waals surface area contributed by atoms with Crippen LogP contribution in [0.4, 0.5) is 19.0 Å². The first-order valence-electron chi connectivity index (χ1n) is 5.60. The first kappa shape index (κ1) is 16.7. The Morgan fingerprint density at radius 1 is 1.38 bits per heavy atom. The van der Waals surface area contributed by atoms with Crippen LogP contribution in [0, 0.1) is 6.92 Å². The zero-order chi connectivity index (χ0) is 16.2. The van der Waals surface area contributed by atoms with Crippen molar-refractivity contribution in [2.45, 2.75) is 13.1 Å². The second-order valence-electron chi connectivity index (χ2n) is 4.05. The van der Waals surface area contributed by atoms with Crippen LogP contribution in [-0.4, -0.2) is 53.4 Å². The molecular weight excluding hydrogens is 295 g/mol. The average molecular weight is 307 g/mol. The Hall–Kier alpha value is -2.39. The summed E-state index contributed by atoms with van der Waals surface area (Å²) in [5.74, 6) is -3.15. The second-order valence-corrected chi connectivity index (χ2v) is 4.05. The van der Waals surface area contributed by atoms with E-state index in [1.54, 1.807) is 0 Å². The lowest BCUT2D eigenvalue weighted by atomic mass is 10.3. The Morgan fingerprint density at radius 2 is 2.00 bits per heavy atom. The van der Waals surface area contributed by atoms with Gasteiger partial charge in [0.2, 0.25) is 5.82 Å². The van der Waals surface area contributed by atoms with Gasteiger partial charge in [-0.25, -0.2) is 14.8 Å². The molecule has 0 aliphatic heterocycles. The zero-order valence-corrected chi connectivity index (χ0v) is 11.1. The number of anilines is 1. The molecule has 0 radical (unpaired) electrons. The highest BCUT2D eigenvalue weighted by Crippen LogP contribution is 2.21. The average Bonchev–Trinajstić information content (AvgIpc) is 2.34. The lowest BCUT2D eigenvalue weighted by molar-refractivity contribution is -0.136. The summed E-state index contributed by atoms with van der Waals surface area (Å²) in [6.07, 6.45) is -4.63. The monoisotopic (exact) mass is 307 g/mol. The molecule has 0 unspecified atom stereocenters. The van der Waals surface area contributed by atoms with Crippen molar-refractivity contribution in [3.63, 3.8) is 0 Å². The standard InChI is InChI=1S/C11H12F3N3O4/c1-6-3-7(16-9(15-6)10(20)21-2)17(4-8(18)19)5-11(12,13)14/h3H,4-5H2,1-2H3,(H,18,19). The molecule has 1 rings (SSSR count). The van der Waals surface area contributed by atoms with E-state index in [0.29, 0.717) is 4.90 Å². The lowest BCUT2D eigenvalue weighted by Gasteiger charge is -2.23. The lowest BCUT2D eigenvalue weighted by Crippen LogP contribution is -2.38. The number of hydrogen-bond donors (Lipinski definition) is 1. The number of aryl methyl sites for hydroxylation is 1. The van der Waals surface area contributed by atoms with Gasteiger partial charge in [0.1, 0.15) is 18.9 Å². The number of halogens is 3. The Morgan fingerprint density at radius 3 is 2.48 bits per heavy atom. The van der Waals surface area contributed by atoms with Gasteiger partial charge < -0.3 is 14.7 Å². The molecule has 1 aromatic heterocycles. The summed E-state index contributed by atoms with van der Waals surface area (Å²) < 4.78 is 41.9. The number of aromatic nitrogens is 2. The predicted octanol–water partition coefficient (Wildman–Crippen LogP) is 1.02. The maximum Gasteiger partial charge on any atom is 0.405 e. The topological polar surface area (TPSA) is 92.6 Å². The SMILES string of the molecule is COC(=O)c1nc(C)cc(N(CC(=O)O)CC(F)(F)F)n1. The van der Waals surface area contributed by atoms with E-state index in [1.165, 1.54) is 6.92 Å². The number of carboxylic acids is 1. The van der Waals surface area contributed by atoms with Gasteiger partial charge in [0.25, 0.3) is 0 Å². The van der Waals surface area contributed by atoms with E-state index in [-0.39, 0.29) is 11.5 Å². The Labute approximate surface area is 117 Å². The van der Waals surface area contributed by atoms with Crippen LogP contribution in [0.25, 0.3) is 0 Å². The van der Waals surface area contributed by atoms with Gasteiger partial charge in [-0.05, 0) is 6.92 Å². The number of carbonyl (C=O) groups is 2. The molecular formula is C11H12F3N3O4. The summed E-state index contributed by atoms with van der Waals surface area (Å²) in [4.78, 5) is 29.9. The van der Waals surface area contributed by atoms with Crippen LogP contribution in [0.15, 0.2) is 6.07 Å². The molecule has 0 aliphatic rings. The van der Waals surface area contributed by atoms with Crippen molar-refractivity contribution < 1.29 is 32.6 Å². The van der Waals surface area contributed by atoms with E-state index >= 15 is 0 Å². The molecule has 0 atom stereocenters. The van der Waals surface area contributed by atoms with Crippen LogP contribution < -0.4 is 4.90 Å². The highest BCUT2D eigenvalue weighted by atomic mass is 19.4. The quantitative estimate of drug-likeness (QED) is 0.812. The van der Waals surface area contributed by atoms with E-state index in [1.807, 2.05) is 0 Å². The second kappa shape index (κ2) is 6.37. The number of hydrogen-bond acceptors (Lipinski definition) is 6. The molecule has 7 nitrogen and oxygen atoms in total. The number of nitrogens with zero attached hydrogens (tertiary/aromatic N) is 3. The van der Waals surface area contributed by atoms with Gasteiger partial charge in [0.05, 0.1) is 7.11 Å². The van der Waals surface area contributed by atoms with Gasteiger partial charge in [-0.15, -0.1) is 0 Å². The number of rotatable bonds is 5. The third kappa shape index (κ3) is 5.24. The Kier molecular flexibility index (Phi) is 5.06. The largest absolute Gasteiger partial charge is 0.480 e. The van der Waals surface area contributed by atoms with Gasteiger partial charge in [0.15, 0.2) is 0 Å². The van der Waals surface area contributed by atoms with E-state index in [9.17, 15) is 22.8 Å². The molecule has 21 heavy (non-hydrogen) atoms. The van der Waals surface area contributed by atoms with Crippen molar-refractivity contribution in [1.82, 2.24) is 9.97 Å². The van der Waals surface area contributed by atoms with E-state index in [0.717, 1.165) is 13.2 Å². The highest BCUT2D eigenvalue weighted by molar-refractivity contribution is 5.85. The van der Waals surface area contributed by atoms with Crippen molar-refractivity contribution >= 4 is 17.8 Å². The summed E-state index contributed by atoms with van der Waals surface area (Å²) in [5, 5.41) is 8.69. The van der Waals surface area contributed by atoms with E-state index < -0.39 is 37.0 Å². The third-order valence-electron chi connectivity index (χ3n) is 2.23. The fourth-order valence-corrected chi connectivity index (χ4v) is 1.49. The number of carboxylic acid groups (broad SMARTS) is 1. The molecule has 0 amide bonds. The molecule has 1 aromatic rings. The number of aliphatic carboxylic acids is 1. The zero-order valence-electron chi connectivity index (χ0n) is 11.1. The molecule has 10 heteroatoms. The number of methoxy groups -OCH3 is 1. The van der Waals surface area contributed by atoms with Gasteiger partial charge in [-0.2, -0.15) is 13.2 Å². The minimum atomic E-state index is -4.63. The first-order chi connectivity index (χ1) is 9.62. The molecule has 0 aliphatic carbocycles. The normalized spacial score (nSPS) is 11.1. The number of ether oxygens (including phenoxy) is 1. The smallest absolute Gasteiger partial charge is 0.405 e. The van der Waals surface area contributed by atoms with Gasteiger partial charge in [0, 0.05) is 11.8 Å². The van der Waals surface area contributed by atoms with Crippen LogP contribution in [0.1, 0.15) is 16.3 Å². The molecule has 0 spiro atoms. The van der Waals surface area contributed by atoms with Crippen molar-refractivity contribution in [3.05, 3.63) is 17.6 Å². The summed E-state index contributed by atoms with van der Waals surface area (Å²) in [7, 11) is 1.07. The molecule has 0 saturated carbocycles. The molecule has 1 heterocycles. The van der Waals surface area contributed by atoms with Gasteiger partial charge >= 0.3 is 18.1 Å². The Balaban J connectivity index is 3.20. The summed E-state index contributed by atoms with van der Waals surface area (Å²) in [6.45, 7) is -1.00. The van der Waals surface area contributed by atoms with E-state index in [2.05, 4.69) is 14.7 Å². The molecule has 1 N–H and O–H groups in total. The summed E-state index contributed by atoms with van der Waals surface area (Å²) in [6, 6.07) is 1.15. The maximum absolute atomic E-state index is 12.5. The first-order valence-corrected chi connectivity index (χ1v) is 5.60. The van der Waals surface area contributed by atoms with Crippen LogP contribution in [-0.2, 0) is 9.53 Å². The molecule has 0 aromatic carbocycles. The number of carbonyl (C=O) groups excluding carboxylic acids is 1. The van der Waals surface area contributed by atoms with Crippen LogP contribution in [0.2, 0.25) is 0 Å². The van der Waals surface area contributed by atoms with Crippen molar-refractivity contribution in [2.75, 3.05) is 25.1 Å². The minimum Gasteiger partial charge on any atom is -0.480 e. The van der Waals surface area contributed by atoms with Crippen LogP contribution in [0.3, 0.4) is 0 Å². The fourth-order valence-electron chi connectivity index (χ4n) is 1.49. The van der Waals surface area contributed by atoms with Crippen molar-refractivity contribution in [1.29, 1.82) is 0 Å². The molecule has 0 bridgehead atoms. The minimum absolute atomic E-state index is 0.206. The Bertz CT molecular complexity index is 548. The fraction of sp³-hybridized carbons (Fsp3) is 0.455. The highest BCUT2D eigenvalue weighted by Gasteiger charge is 2.32. The van der Waals surface area contributed by atoms with Crippen LogP contribution in [0.5, 0.6) is 0 Å².